The van der Waals surface area contributed by atoms with Gasteiger partial charge in [-0.25, -0.2) is 0 Å². The Bertz CT molecular complexity index is 557. The second kappa shape index (κ2) is 7.23. The smallest absolute Gasteiger partial charge is 0.0371 e. The Hall–Kier alpha value is -0.870. The fraction of sp³-hybridized carbons (Fsp3) is 0.333. The van der Waals surface area contributed by atoms with Crippen molar-refractivity contribution in [3.8, 4) is 0 Å². The maximum atomic E-state index is 3.64. The summed E-state index contributed by atoms with van der Waals surface area (Å²) in [5, 5.41) is 3.64. The summed E-state index contributed by atoms with van der Waals surface area (Å²) in [4.78, 5) is 0. The van der Waals surface area contributed by atoms with E-state index in [0.29, 0.717) is 6.04 Å². The molecule has 0 aliphatic carbocycles. The van der Waals surface area contributed by atoms with Crippen molar-refractivity contribution < 1.29 is 0 Å². The van der Waals surface area contributed by atoms with Gasteiger partial charge >= 0.3 is 0 Å². The molecular formula is C18H22IN. The Labute approximate surface area is 135 Å². The fourth-order valence-electron chi connectivity index (χ4n) is 2.67. The molecule has 1 atom stereocenters. The minimum atomic E-state index is 0.382. The molecule has 2 aromatic rings. The molecule has 0 fully saturated rings. The van der Waals surface area contributed by atoms with Crippen LogP contribution in [0.4, 0.5) is 0 Å². The zero-order valence-electron chi connectivity index (χ0n) is 12.4. The van der Waals surface area contributed by atoms with Gasteiger partial charge in [0.25, 0.3) is 0 Å². The topological polar surface area (TPSA) is 12.0 Å². The first-order chi connectivity index (χ1) is 9.63. The number of hydrogen-bond acceptors (Lipinski definition) is 1. The standard InChI is InChI=1S/C18H22IN/c1-4-20-18(15-10-5-6-11-17(15)19)12-16-13(2)8-7-9-14(16)3/h5-11,18,20H,4,12H2,1-3H3. The molecule has 0 aromatic heterocycles. The molecule has 0 saturated heterocycles. The van der Waals surface area contributed by atoms with Crippen LogP contribution in [0.1, 0.15) is 35.2 Å². The molecule has 0 bridgehead atoms. The highest BCUT2D eigenvalue weighted by Gasteiger charge is 2.15. The van der Waals surface area contributed by atoms with Crippen molar-refractivity contribution in [2.75, 3.05) is 6.54 Å². The van der Waals surface area contributed by atoms with Crippen LogP contribution in [0.3, 0.4) is 0 Å². The van der Waals surface area contributed by atoms with E-state index in [1.54, 1.807) is 0 Å². The maximum Gasteiger partial charge on any atom is 0.0371 e. The number of nitrogens with one attached hydrogen (secondary N) is 1. The number of likely N-dealkylation sites (N-methyl/N-ethyl adjacent to an activating group) is 1. The van der Waals surface area contributed by atoms with E-state index in [9.17, 15) is 0 Å². The zero-order valence-corrected chi connectivity index (χ0v) is 14.6. The van der Waals surface area contributed by atoms with Crippen LogP contribution in [0, 0.1) is 17.4 Å². The number of hydrogen-bond donors (Lipinski definition) is 1. The van der Waals surface area contributed by atoms with Gasteiger partial charge in [-0.3, -0.25) is 0 Å². The van der Waals surface area contributed by atoms with Crippen LogP contribution in [0.2, 0.25) is 0 Å². The summed E-state index contributed by atoms with van der Waals surface area (Å²) < 4.78 is 1.34. The van der Waals surface area contributed by atoms with Crippen molar-refractivity contribution in [2.24, 2.45) is 0 Å². The lowest BCUT2D eigenvalue weighted by molar-refractivity contribution is 0.545. The molecule has 2 rings (SSSR count). The predicted molar refractivity (Wildman–Crippen MR) is 95.2 cm³/mol. The van der Waals surface area contributed by atoms with Gasteiger partial charge in [-0.05, 0) is 77.7 Å². The minimum absolute atomic E-state index is 0.382. The highest BCUT2D eigenvalue weighted by Crippen LogP contribution is 2.26. The second-order valence-electron chi connectivity index (χ2n) is 5.21. The van der Waals surface area contributed by atoms with Gasteiger partial charge in [0.15, 0.2) is 0 Å². The minimum Gasteiger partial charge on any atom is -0.310 e. The predicted octanol–water partition coefficient (Wildman–Crippen LogP) is 4.80. The molecule has 106 valence electrons. The average molecular weight is 379 g/mol. The summed E-state index contributed by atoms with van der Waals surface area (Å²) in [6.07, 6.45) is 1.05. The van der Waals surface area contributed by atoms with Gasteiger partial charge in [-0.2, -0.15) is 0 Å². The van der Waals surface area contributed by atoms with Gasteiger partial charge in [0.05, 0.1) is 0 Å². The molecule has 20 heavy (non-hydrogen) atoms. The van der Waals surface area contributed by atoms with E-state index in [2.05, 4.69) is 91.1 Å². The molecule has 2 aromatic carbocycles. The number of benzene rings is 2. The molecule has 0 amide bonds. The summed E-state index contributed by atoms with van der Waals surface area (Å²) in [7, 11) is 0. The highest BCUT2D eigenvalue weighted by molar-refractivity contribution is 14.1. The Morgan fingerprint density at radius 3 is 2.25 bits per heavy atom. The monoisotopic (exact) mass is 379 g/mol. The molecule has 0 spiro atoms. The summed E-state index contributed by atoms with van der Waals surface area (Å²) >= 11 is 2.44. The van der Waals surface area contributed by atoms with Gasteiger partial charge in [0.1, 0.15) is 0 Å². The van der Waals surface area contributed by atoms with Crippen LogP contribution in [0.15, 0.2) is 42.5 Å². The molecule has 0 aliphatic rings. The summed E-state index contributed by atoms with van der Waals surface area (Å²) in [5.74, 6) is 0. The normalized spacial score (nSPS) is 12.4. The molecule has 0 heterocycles. The van der Waals surface area contributed by atoms with Gasteiger partial charge in [-0.15, -0.1) is 0 Å². The third-order valence-electron chi connectivity index (χ3n) is 3.78. The Morgan fingerprint density at radius 2 is 1.65 bits per heavy atom. The SMILES string of the molecule is CCNC(Cc1c(C)cccc1C)c1ccccc1I. The van der Waals surface area contributed by atoms with Crippen LogP contribution in [0.25, 0.3) is 0 Å². The number of aryl methyl sites for hydroxylation is 2. The molecule has 0 radical (unpaired) electrons. The van der Waals surface area contributed by atoms with Crippen molar-refractivity contribution in [3.63, 3.8) is 0 Å². The Balaban J connectivity index is 2.33. The Kier molecular flexibility index (Phi) is 5.61. The fourth-order valence-corrected chi connectivity index (χ4v) is 3.43. The summed E-state index contributed by atoms with van der Waals surface area (Å²) in [6.45, 7) is 7.58. The van der Waals surface area contributed by atoms with Crippen molar-refractivity contribution in [1.82, 2.24) is 5.32 Å². The van der Waals surface area contributed by atoms with E-state index in [4.69, 9.17) is 0 Å². The third-order valence-corrected chi connectivity index (χ3v) is 4.77. The van der Waals surface area contributed by atoms with Gasteiger partial charge in [0.2, 0.25) is 0 Å². The van der Waals surface area contributed by atoms with E-state index in [-0.39, 0.29) is 0 Å². The van der Waals surface area contributed by atoms with Crippen molar-refractivity contribution in [3.05, 3.63) is 68.3 Å². The summed E-state index contributed by atoms with van der Waals surface area (Å²) in [5.41, 5.74) is 5.65. The van der Waals surface area contributed by atoms with Crippen LogP contribution < -0.4 is 5.32 Å². The molecular weight excluding hydrogens is 357 g/mol. The number of halogens is 1. The molecule has 1 N–H and O–H groups in total. The molecule has 2 heteroatoms. The highest BCUT2D eigenvalue weighted by atomic mass is 127. The summed E-state index contributed by atoms with van der Waals surface area (Å²) in [6, 6.07) is 15.6. The first kappa shape index (κ1) is 15.5. The van der Waals surface area contributed by atoms with E-state index in [1.165, 1.54) is 25.8 Å². The van der Waals surface area contributed by atoms with Crippen molar-refractivity contribution in [2.45, 2.75) is 33.2 Å². The molecule has 0 saturated carbocycles. The lowest BCUT2D eigenvalue weighted by Gasteiger charge is -2.22. The van der Waals surface area contributed by atoms with Crippen molar-refractivity contribution in [1.29, 1.82) is 0 Å². The van der Waals surface area contributed by atoms with Crippen LogP contribution in [-0.4, -0.2) is 6.54 Å². The third kappa shape index (κ3) is 3.61. The first-order valence-electron chi connectivity index (χ1n) is 7.16. The molecule has 1 nitrogen and oxygen atoms in total. The largest absolute Gasteiger partial charge is 0.310 e. The zero-order chi connectivity index (χ0) is 14.5. The van der Waals surface area contributed by atoms with Gasteiger partial charge < -0.3 is 5.32 Å². The van der Waals surface area contributed by atoms with Gasteiger partial charge in [-0.1, -0.05) is 43.3 Å². The van der Waals surface area contributed by atoms with E-state index < -0.39 is 0 Å². The first-order valence-corrected chi connectivity index (χ1v) is 8.24. The lowest BCUT2D eigenvalue weighted by Crippen LogP contribution is -2.24. The van der Waals surface area contributed by atoms with Crippen molar-refractivity contribution >= 4 is 22.6 Å². The molecule has 1 unspecified atom stereocenters. The number of rotatable bonds is 5. The maximum absolute atomic E-state index is 3.64. The van der Waals surface area contributed by atoms with Gasteiger partial charge in [0, 0.05) is 9.61 Å². The quantitative estimate of drug-likeness (QED) is 0.736. The molecule has 0 aliphatic heterocycles. The van der Waals surface area contributed by atoms with E-state index in [1.807, 2.05) is 0 Å². The van der Waals surface area contributed by atoms with Crippen LogP contribution in [-0.2, 0) is 6.42 Å². The van der Waals surface area contributed by atoms with E-state index >= 15 is 0 Å². The van der Waals surface area contributed by atoms with E-state index in [0.717, 1.165) is 13.0 Å². The average Bonchev–Trinajstić information content (AvgIpc) is 2.43. The second-order valence-corrected chi connectivity index (χ2v) is 6.37. The Morgan fingerprint density at radius 1 is 1.00 bits per heavy atom. The van der Waals surface area contributed by atoms with Crippen LogP contribution >= 0.6 is 22.6 Å². The lowest BCUT2D eigenvalue weighted by atomic mass is 9.93. The van der Waals surface area contributed by atoms with Crippen LogP contribution in [0.5, 0.6) is 0 Å².